The van der Waals surface area contributed by atoms with Crippen molar-refractivity contribution >= 4 is 17.6 Å². The molecule has 0 saturated heterocycles. The van der Waals surface area contributed by atoms with Crippen LogP contribution >= 0.6 is 0 Å². The number of carbonyl (C=O) groups excluding carboxylic acids is 2. The number of rotatable bonds is 9. The van der Waals surface area contributed by atoms with Crippen LogP contribution in [-0.4, -0.2) is 29.9 Å². The first-order valence-electron chi connectivity index (χ1n) is 9.55. The number of benzene rings is 2. The summed E-state index contributed by atoms with van der Waals surface area (Å²) in [6.07, 6.45) is 2.18. The van der Waals surface area contributed by atoms with Crippen LogP contribution in [0.15, 0.2) is 60.7 Å². The minimum absolute atomic E-state index is 0.0547. The van der Waals surface area contributed by atoms with E-state index < -0.39 is 0 Å². The third-order valence-corrected chi connectivity index (χ3v) is 4.38. The van der Waals surface area contributed by atoms with Crippen molar-refractivity contribution in [3.63, 3.8) is 0 Å². The first-order valence-corrected chi connectivity index (χ1v) is 9.55. The van der Waals surface area contributed by atoms with Crippen LogP contribution in [0.4, 0.5) is 10.5 Å². The maximum Gasteiger partial charge on any atom is 0.321 e. The van der Waals surface area contributed by atoms with Gasteiger partial charge < -0.3 is 15.5 Å². The monoisotopic (exact) mass is 367 g/mol. The molecule has 2 aromatic rings. The number of hydrogen-bond donors (Lipinski definition) is 2. The summed E-state index contributed by atoms with van der Waals surface area (Å²) >= 11 is 0. The van der Waals surface area contributed by atoms with Crippen molar-refractivity contribution in [2.45, 2.75) is 39.2 Å². The van der Waals surface area contributed by atoms with Crippen molar-refractivity contribution in [3.05, 3.63) is 66.2 Å². The Labute approximate surface area is 161 Å². The Hall–Kier alpha value is -2.82. The summed E-state index contributed by atoms with van der Waals surface area (Å²) in [4.78, 5) is 26.6. The number of nitrogens with one attached hydrogen (secondary N) is 2. The van der Waals surface area contributed by atoms with Gasteiger partial charge in [0.05, 0.1) is 6.04 Å². The standard InChI is InChI=1S/C22H29N3O2/c1-3-4-16-25(22(27)24-20-13-9-6-10-14-20)17-15-21(26)23-18(2)19-11-7-5-8-12-19/h5-14,18H,3-4,15-17H2,1-2H3,(H,23,26)(H,24,27). The SMILES string of the molecule is CCCCN(CCC(=O)NC(C)c1ccccc1)C(=O)Nc1ccccc1. The van der Waals surface area contributed by atoms with Gasteiger partial charge in [-0.25, -0.2) is 4.79 Å². The summed E-state index contributed by atoms with van der Waals surface area (Å²) in [6, 6.07) is 19.0. The largest absolute Gasteiger partial charge is 0.350 e. The lowest BCUT2D eigenvalue weighted by molar-refractivity contribution is -0.121. The Morgan fingerprint density at radius 1 is 0.963 bits per heavy atom. The van der Waals surface area contributed by atoms with E-state index in [0.29, 0.717) is 13.1 Å². The molecule has 1 atom stereocenters. The third kappa shape index (κ3) is 7.13. The lowest BCUT2D eigenvalue weighted by atomic mass is 10.1. The molecule has 0 spiro atoms. The predicted molar refractivity (Wildman–Crippen MR) is 110 cm³/mol. The van der Waals surface area contributed by atoms with Crippen LogP contribution in [0.3, 0.4) is 0 Å². The zero-order chi connectivity index (χ0) is 19.5. The van der Waals surface area contributed by atoms with E-state index in [9.17, 15) is 9.59 Å². The first-order chi connectivity index (χ1) is 13.1. The van der Waals surface area contributed by atoms with Gasteiger partial charge >= 0.3 is 6.03 Å². The van der Waals surface area contributed by atoms with Gasteiger partial charge in [0.25, 0.3) is 0 Å². The zero-order valence-electron chi connectivity index (χ0n) is 16.2. The quantitative estimate of drug-likeness (QED) is 0.681. The average molecular weight is 367 g/mol. The molecule has 144 valence electrons. The van der Waals surface area contributed by atoms with Crippen LogP contribution < -0.4 is 10.6 Å². The van der Waals surface area contributed by atoms with E-state index >= 15 is 0 Å². The highest BCUT2D eigenvalue weighted by Gasteiger charge is 2.16. The fraction of sp³-hybridized carbons (Fsp3) is 0.364. The van der Waals surface area contributed by atoms with Gasteiger partial charge in [0.15, 0.2) is 0 Å². The molecule has 0 aliphatic rings. The van der Waals surface area contributed by atoms with Crippen molar-refractivity contribution in [2.24, 2.45) is 0 Å². The van der Waals surface area contributed by atoms with Gasteiger partial charge in [-0.05, 0) is 31.0 Å². The topological polar surface area (TPSA) is 61.4 Å². The molecule has 1 unspecified atom stereocenters. The number of urea groups is 1. The molecule has 0 bridgehead atoms. The van der Waals surface area contributed by atoms with E-state index in [-0.39, 0.29) is 24.4 Å². The lowest BCUT2D eigenvalue weighted by Crippen LogP contribution is -2.39. The number of para-hydroxylation sites is 1. The Balaban J connectivity index is 1.87. The number of amides is 3. The summed E-state index contributed by atoms with van der Waals surface area (Å²) in [7, 11) is 0. The summed E-state index contributed by atoms with van der Waals surface area (Å²) in [5.41, 5.74) is 1.82. The minimum atomic E-state index is -0.168. The number of nitrogens with zero attached hydrogens (tertiary/aromatic N) is 1. The lowest BCUT2D eigenvalue weighted by Gasteiger charge is -2.23. The average Bonchev–Trinajstić information content (AvgIpc) is 2.69. The molecular formula is C22H29N3O2. The van der Waals surface area contributed by atoms with E-state index in [0.717, 1.165) is 24.1 Å². The van der Waals surface area contributed by atoms with Crippen molar-refractivity contribution < 1.29 is 9.59 Å². The van der Waals surface area contributed by atoms with E-state index in [4.69, 9.17) is 0 Å². The molecule has 0 fully saturated rings. The van der Waals surface area contributed by atoms with E-state index in [1.54, 1.807) is 4.90 Å². The zero-order valence-corrected chi connectivity index (χ0v) is 16.2. The van der Waals surface area contributed by atoms with E-state index in [1.165, 1.54) is 0 Å². The maximum atomic E-state index is 12.6. The molecule has 2 aromatic carbocycles. The van der Waals surface area contributed by atoms with Crippen molar-refractivity contribution in [1.82, 2.24) is 10.2 Å². The summed E-state index contributed by atoms with van der Waals surface area (Å²) in [5, 5.41) is 5.90. The molecule has 0 aliphatic carbocycles. The second kappa shape index (κ2) is 11.0. The number of anilines is 1. The fourth-order valence-electron chi connectivity index (χ4n) is 2.76. The van der Waals surface area contributed by atoms with Crippen LogP contribution in [0.2, 0.25) is 0 Å². The highest BCUT2D eigenvalue weighted by molar-refractivity contribution is 5.89. The third-order valence-electron chi connectivity index (χ3n) is 4.38. The highest BCUT2D eigenvalue weighted by atomic mass is 16.2. The van der Waals surface area contributed by atoms with Crippen molar-refractivity contribution in [2.75, 3.05) is 18.4 Å². The van der Waals surface area contributed by atoms with Crippen molar-refractivity contribution in [3.8, 4) is 0 Å². The van der Waals surface area contributed by atoms with Gasteiger partial charge in [0, 0.05) is 25.2 Å². The van der Waals surface area contributed by atoms with Crippen LogP contribution in [0.5, 0.6) is 0 Å². The highest BCUT2D eigenvalue weighted by Crippen LogP contribution is 2.12. The van der Waals surface area contributed by atoms with Gasteiger partial charge in [-0.2, -0.15) is 0 Å². The summed E-state index contributed by atoms with van der Waals surface area (Å²) < 4.78 is 0. The predicted octanol–water partition coefficient (Wildman–Crippen LogP) is 4.59. The Morgan fingerprint density at radius 3 is 2.22 bits per heavy atom. The van der Waals surface area contributed by atoms with E-state index in [2.05, 4.69) is 17.6 Å². The van der Waals surface area contributed by atoms with E-state index in [1.807, 2.05) is 67.6 Å². The number of carbonyl (C=O) groups is 2. The molecule has 0 aromatic heterocycles. The van der Waals surface area contributed by atoms with Gasteiger partial charge in [0.1, 0.15) is 0 Å². The maximum absolute atomic E-state index is 12.6. The molecular weight excluding hydrogens is 338 g/mol. The smallest absolute Gasteiger partial charge is 0.321 e. The van der Waals surface area contributed by atoms with Gasteiger partial charge in [-0.1, -0.05) is 61.9 Å². The molecule has 27 heavy (non-hydrogen) atoms. The van der Waals surface area contributed by atoms with Gasteiger partial charge in [0.2, 0.25) is 5.91 Å². The molecule has 0 radical (unpaired) electrons. The molecule has 0 heterocycles. The Morgan fingerprint density at radius 2 is 1.59 bits per heavy atom. The Bertz CT molecular complexity index is 704. The molecule has 3 amide bonds. The summed E-state index contributed by atoms with van der Waals surface area (Å²) in [6.45, 7) is 5.08. The number of unbranched alkanes of at least 4 members (excludes halogenated alkanes) is 1. The van der Waals surface area contributed by atoms with Gasteiger partial charge in [-0.3, -0.25) is 4.79 Å². The Kier molecular flexibility index (Phi) is 8.36. The van der Waals surface area contributed by atoms with Crippen LogP contribution in [0, 0.1) is 0 Å². The molecule has 2 rings (SSSR count). The molecule has 5 heteroatoms. The summed E-state index contributed by atoms with van der Waals surface area (Å²) in [5.74, 6) is -0.0552. The van der Waals surface area contributed by atoms with Crippen LogP contribution in [0.25, 0.3) is 0 Å². The second-order valence-electron chi connectivity index (χ2n) is 6.59. The van der Waals surface area contributed by atoms with Crippen LogP contribution in [0.1, 0.15) is 44.7 Å². The number of hydrogen-bond acceptors (Lipinski definition) is 2. The fourth-order valence-corrected chi connectivity index (χ4v) is 2.76. The normalized spacial score (nSPS) is 11.5. The first kappa shape index (κ1) is 20.5. The van der Waals surface area contributed by atoms with Gasteiger partial charge in [-0.15, -0.1) is 0 Å². The molecule has 5 nitrogen and oxygen atoms in total. The second-order valence-corrected chi connectivity index (χ2v) is 6.59. The molecule has 2 N–H and O–H groups in total. The minimum Gasteiger partial charge on any atom is -0.350 e. The van der Waals surface area contributed by atoms with Crippen molar-refractivity contribution in [1.29, 1.82) is 0 Å². The molecule has 0 aliphatic heterocycles. The van der Waals surface area contributed by atoms with Crippen LogP contribution in [-0.2, 0) is 4.79 Å². The molecule has 0 saturated carbocycles.